The third-order valence-corrected chi connectivity index (χ3v) is 5.59. The van der Waals surface area contributed by atoms with Crippen LogP contribution < -0.4 is 0 Å². The van der Waals surface area contributed by atoms with Crippen molar-refractivity contribution in [2.75, 3.05) is 21.1 Å². The normalized spacial score (nSPS) is 12.7. The van der Waals surface area contributed by atoms with Gasteiger partial charge in [0.2, 0.25) is 5.91 Å². The van der Waals surface area contributed by atoms with Gasteiger partial charge < -0.3 is 9.80 Å². The topological polar surface area (TPSA) is 40.6 Å². The van der Waals surface area contributed by atoms with Crippen molar-refractivity contribution < 1.29 is 35.9 Å². The zero-order valence-electron chi connectivity index (χ0n) is 19.5. The van der Waals surface area contributed by atoms with Crippen LogP contribution in [0.5, 0.6) is 0 Å². The van der Waals surface area contributed by atoms with Crippen LogP contribution in [0.3, 0.4) is 0 Å². The molecule has 0 spiro atoms. The number of nitrogens with zero attached hydrogens (tertiary/aromatic N) is 2. The predicted molar refractivity (Wildman–Crippen MR) is 122 cm³/mol. The number of benzene rings is 3. The number of hydrogen-bond acceptors (Lipinski definition) is 2. The Labute approximate surface area is 203 Å². The Bertz CT molecular complexity index is 1250. The molecule has 0 aliphatic carbocycles. The van der Waals surface area contributed by atoms with Crippen molar-refractivity contribution >= 4 is 11.8 Å². The van der Waals surface area contributed by atoms with E-state index in [-0.39, 0.29) is 11.1 Å². The van der Waals surface area contributed by atoms with Crippen LogP contribution in [0.4, 0.5) is 26.3 Å². The van der Waals surface area contributed by atoms with E-state index in [9.17, 15) is 35.9 Å². The Morgan fingerprint density at radius 2 is 1.31 bits per heavy atom. The molecule has 0 aliphatic rings. The number of rotatable bonds is 5. The number of carbonyl (C=O) groups excluding carboxylic acids is 2. The van der Waals surface area contributed by atoms with Gasteiger partial charge >= 0.3 is 12.4 Å². The molecule has 0 bridgehead atoms. The van der Waals surface area contributed by atoms with E-state index in [1.54, 1.807) is 12.1 Å². The fourth-order valence-corrected chi connectivity index (χ4v) is 3.73. The Hall–Kier alpha value is -3.82. The van der Waals surface area contributed by atoms with E-state index in [0.29, 0.717) is 11.1 Å². The van der Waals surface area contributed by atoms with Gasteiger partial charge in [0.1, 0.15) is 6.04 Å². The molecule has 2 amide bonds. The lowest BCUT2D eigenvalue weighted by Crippen LogP contribution is -2.41. The first-order valence-electron chi connectivity index (χ1n) is 10.6. The van der Waals surface area contributed by atoms with Crippen LogP contribution in [0.2, 0.25) is 0 Å². The summed E-state index contributed by atoms with van der Waals surface area (Å²) in [5.74, 6) is -1.32. The quantitative estimate of drug-likeness (QED) is 0.380. The monoisotopic (exact) mass is 508 g/mol. The van der Waals surface area contributed by atoms with Crippen molar-refractivity contribution in [3.8, 4) is 11.1 Å². The summed E-state index contributed by atoms with van der Waals surface area (Å²) in [6.07, 6.45) is -9.18. The van der Waals surface area contributed by atoms with Crippen LogP contribution in [0, 0.1) is 0 Å². The molecule has 36 heavy (non-hydrogen) atoms. The van der Waals surface area contributed by atoms with E-state index in [2.05, 4.69) is 0 Å². The zero-order valence-corrected chi connectivity index (χ0v) is 19.5. The van der Waals surface area contributed by atoms with E-state index < -0.39 is 41.3 Å². The molecule has 190 valence electrons. The van der Waals surface area contributed by atoms with E-state index in [4.69, 9.17) is 0 Å². The van der Waals surface area contributed by atoms with E-state index >= 15 is 0 Å². The molecule has 3 aromatic rings. The van der Waals surface area contributed by atoms with E-state index in [1.807, 2.05) is 0 Å². The maximum absolute atomic E-state index is 13.5. The minimum atomic E-state index is -4.65. The first kappa shape index (κ1) is 26.8. The van der Waals surface area contributed by atoms with Gasteiger partial charge in [0.25, 0.3) is 5.91 Å². The van der Waals surface area contributed by atoms with Crippen molar-refractivity contribution in [1.82, 2.24) is 9.80 Å². The Balaban J connectivity index is 2.05. The Morgan fingerprint density at radius 3 is 1.86 bits per heavy atom. The highest BCUT2D eigenvalue weighted by Crippen LogP contribution is 2.35. The van der Waals surface area contributed by atoms with Crippen LogP contribution in [-0.4, -0.2) is 42.8 Å². The average Bonchev–Trinajstić information content (AvgIpc) is 2.82. The molecule has 3 aromatic carbocycles. The molecule has 0 radical (unpaired) electrons. The van der Waals surface area contributed by atoms with Gasteiger partial charge in [-0.05, 0) is 47.0 Å². The first-order chi connectivity index (χ1) is 16.7. The van der Waals surface area contributed by atoms with E-state index in [0.717, 1.165) is 40.1 Å². The van der Waals surface area contributed by atoms with Gasteiger partial charge in [0, 0.05) is 26.7 Å². The van der Waals surface area contributed by atoms with E-state index in [1.165, 1.54) is 51.5 Å². The molecule has 0 N–H and O–H groups in total. The van der Waals surface area contributed by atoms with Gasteiger partial charge in [-0.15, -0.1) is 0 Å². The summed E-state index contributed by atoms with van der Waals surface area (Å²) >= 11 is 0. The van der Waals surface area contributed by atoms with Crippen LogP contribution in [0.15, 0.2) is 72.8 Å². The smallest absolute Gasteiger partial charge is 0.347 e. The Morgan fingerprint density at radius 1 is 0.722 bits per heavy atom. The van der Waals surface area contributed by atoms with Crippen molar-refractivity contribution in [3.63, 3.8) is 0 Å². The minimum absolute atomic E-state index is 0.0358. The third-order valence-electron chi connectivity index (χ3n) is 5.59. The summed E-state index contributed by atoms with van der Waals surface area (Å²) in [7, 11) is 4.12. The number of halogens is 6. The molecule has 0 fully saturated rings. The lowest BCUT2D eigenvalue weighted by Gasteiger charge is -2.30. The standard InChI is InChI=1S/C26H22F6N2O2/c1-33(2)24(36)22(17-7-6-8-19(15-17)26(30,31)32)34(3)23(35)21-10-5-4-9-20(21)16-11-13-18(14-12-16)25(27,28)29/h4-15,22H,1-3H3. The predicted octanol–water partition coefficient (Wildman–Crippen LogP) is 6.29. The fraction of sp³-hybridized carbons (Fsp3) is 0.231. The van der Waals surface area contributed by atoms with Crippen LogP contribution >= 0.6 is 0 Å². The summed E-state index contributed by atoms with van der Waals surface area (Å²) in [4.78, 5) is 28.7. The highest BCUT2D eigenvalue weighted by atomic mass is 19.4. The van der Waals surface area contributed by atoms with Crippen LogP contribution in [0.25, 0.3) is 11.1 Å². The molecule has 0 aliphatic heterocycles. The van der Waals surface area contributed by atoms with Gasteiger partial charge in [-0.25, -0.2) is 0 Å². The highest BCUT2D eigenvalue weighted by Gasteiger charge is 2.35. The number of likely N-dealkylation sites (N-methyl/N-ethyl adjacent to an activating group) is 2. The fourth-order valence-electron chi connectivity index (χ4n) is 3.73. The maximum atomic E-state index is 13.5. The lowest BCUT2D eigenvalue weighted by atomic mass is 9.96. The second-order valence-corrected chi connectivity index (χ2v) is 8.30. The molecule has 0 aromatic heterocycles. The molecular weight excluding hydrogens is 486 g/mol. The van der Waals surface area contributed by atoms with Gasteiger partial charge in [-0.3, -0.25) is 9.59 Å². The summed E-state index contributed by atoms with van der Waals surface area (Å²) in [6.45, 7) is 0. The zero-order chi connectivity index (χ0) is 26.8. The number of hydrogen-bond donors (Lipinski definition) is 0. The van der Waals surface area contributed by atoms with Crippen LogP contribution in [-0.2, 0) is 17.1 Å². The second kappa shape index (κ2) is 10.0. The molecule has 0 saturated heterocycles. The molecule has 10 heteroatoms. The second-order valence-electron chi connectivity index (χ2n) is 8.30. The first-order valence-corrected chi connectivity index (χ1v) is 10.6. The SMILES string of the molecule is CN(C)C(=O)C(c1cccc(C(F)(F)F)c1)N(C)C(=O)c1ccccc1-c1ccc(C(F)(F)F)cc1. The lowest BCUT2D eigenvalue weighted by molar-refractivity contribution is -0.138. The van der Waals surface area contributed by atoms with Crippen molar-refractivity contribution in [1.29, 1.82) is 0 Å². The minimum Gasteiger partial charge on any atom is -0.347 e. The van der Waals surface area contributed by atoms with Crippen molar-refractivity contribution in [3.05, 3.63) is 95.1 Å². The Kier molecular flexibility index (Phi) is 7.47. The summed E-state index contributed by atoms with van der Waals surface area (Å²) < 4.78 is 78.8. The number of alkyl halides is 6. The number of carbonyl (C=O) groups is 2. The van der Waals surface area contributed by atoms with Crippen molar-refractivity contribution in [2.45, 2.75) is 18.4 Å². The molecule has 0 heterocycles. The number of amides is 2. The summed E-state index contributed by atoms with van der Waals surface area (Å²) in [5.41, 5.74) is -1.15. The molecule has 0 saturated carbocycles. The van der Waals surface area contributed by atoms with Gasteiger partial charge in [0.15, 0.2) is 0 Å². The van der Waals surface area contributed by atoms with Gasteiger partial charge in [-0.1, -0.05) is 42.5 Å². The summed E-state index contributed by atoms with van der Waals surface area (Å²) in [6, 6.07) is 13.1. The molecule has 3 rings (SSSR count). The summed E-state index contributed by atoms with van der Waals surface area (Å²) in [5, 5.41) is 0. The highest BCUT2D eigenvalue weighted by molar-refractivity contribution is 6.02. The van der Waals surface area contributed by atoms with Gasteiger partial charge in [-0.2, -0.15) is 26.3 Å². The molecule has 1 unspecified atom stereocenters. The maximum Gasteiger partial charge on any atom is 0.416 e. The largest absolute Gasteiger partial charge is 0.416 e. The molecular formula is C26H22F6N2O2. The third kappa shape index (κ3) is 5.69. The molecule has 1 atom stereocenters. The average molecular weight is 508 g/mol. The molecule has 4 nitrogen and oxygen atoms in total. The van der Waals surface area contributed by atoms with Crippen LogP contribution in [0.1, 0.15) is 33.1 Å². The van der Waals surface area contributed by atoms with Gasteiger partial charge in [0.05, 0.1) is 11.1 Å². The van der Waals surface area contributed by atoms with Crippen molar-refractivity contribution in [2.24, 2.45) is 0 Å².